The Balaban J connectivity index is 1.24. The zero-order valence-electron chi connectivity index (χ0n) is 14.4. The molecule has 3 heterocycles. The number of likely N-dealkylation sites (tertiary alicyclic amines) is 1. The molecule has 4 rings (SSSR count). The van der Waals surface area contributed by atoms with E-state index in [2.05, 4.69) is 28.4 Å². The number of fused-ring (bicyclic) bond motifs is 1. The van der Waals surface area contributed by atoms with E-state index in [4.69, 9.17) is 9.72 Å². The average molecular weight is 359 g/mol. The number of rotatable bonds is 5. The molecular formula is C19H25N3O2S. The van der Waals surface area contributed by atoms with Gasteiger partial charge in [0, 0.05) is 19.1 Å². The minimum absolute atomic E-state index is 0.119. The number of para-hydroxylation sites is 1. The first-order valence-corrected chi connectivity index (χ1v) is 10.1. The van der Waals surface area contributed by atoms with Crippen LogP contribution in [-0.2, 0) is 9.53 Å². The molecular weight excluding hydrogens is 334 g/mol. The molecule has 2 aliphatic heterocycles. The van der Waals surface area contributed by atoms with Crippen LogP contribution < -0.4 is 5.32 Å². The van der Waals surface area contributed by atoms with E-state index in [1.54, 1.807) is 0 Å². The molecule has 1 atom stereocenters. The Morgan fingerprint density at radius 3 is 2.88 bits per heavy atom. The van der Waals surface area contributed by atoms with Crippen LogP contribution in [0.5, 0.6) is 0 Å². The summed E-state index contributed by atoms with van der Waals surface area (Å²) >= 11 is 1.82. The lowest BCUT2D eigenvalue weighted by molar-refractivity contribution is -0.123. The van der Waals surface area contributed by atoms with Crippen LogP contribution in [0.25, 0.3) is 10.2 Å². The minimum Gasteiger partial charge on any atom is -0.376 e. The smallest absolute Gasteiger partial charge is 0.234 e. The summed E-state index contributed by atoms with van der Waals surface area (Å²) in [5.41, 5.74) is 1.11. The second kappa shape index (κ2) is 7.81. The maximum atomic E-state index is 12.1. The molecule has 0 unspecified atom stereocenters. The van der Waals surface area contributed by atoms with Gasteiger partial charge in [0.2, 0.25) is 5.91 Å². The van der Waals surface area contributed by atoms with Gasteiger partial charge in [0.15, 0.2) is 0 Å². The molecule has 2 fully saturated rings. The Hall–Kier alpha value is -1.50. The van der Waals surface area contributed by atoms with Crippen molar-refractivity contribution in [3.63, 3.8) is 0 Å². The Labute approximate surface area is 152 Å². The maximum absolute atomic E-state index is 12.1. The monoisotopic (exact) mass is 359 g/mol. The van der Waals surface area contributed by atoms with Crippen LogP contribution in [-0.4, -0.2) is 54.7 Å². The van der Waals surface area contributed by atoms with Crippen molar-refractivity contribution in [1.82, 2.24) is 15.2 Å². The molecule has 2 aliphatic rings. The van der Waals surface area contributed by atoms with E-state index in [1.807, 2.05) is 17.4 Å². The normalized spacial score (nSPS) is 22.5. The quantitative estimate of drug-likeness (QED) is 0.892. The van der Waals surface area contributed by atoms with E-state index in [9.17, 15) is 4.79 Å². The fourth-order valence-corrected chi connectivity index (χ4v) is 4.83. The first-order chi connectivity index (χ1) is 12.3. The summed E-state index contributed by atoms with van der Waals surface area (Å²) in [6.45, 7) is 3.92. The van der Waals surface area contributed by atoms with Gasteiger partial charge in [-0.25, -0.2) is 4.98 Å². The molecule has 0 spiro atoms. The highest BCUT2D eigenvalue weighted by Crippen LogP contribution is 2.33. The lowest BCUT2D eigenvalue weighted by Gasteiger charge is -2.30. The van der Waals surface area contributed by atoms with Crippen molar-refractivity contribution in [2.75, 3.05) is 32.8 Å². The second-order valence-electron chi connectivity index (χ2n) is 7.01. The van der Waals surface area contributed by atoms with Crippen molar-refractivity contribution in [1.29, 1.82) is 0 Å². The van der Waals surface area contributed by atoms with E-state index in [0.717, 1.165) is 50.9 Å². The van der Waals surface area contributed by atoms with Crippen LogP contribution in [0.4, 0.5) is 0 Å². The first-order valence-electron chi connectivity index (χ1n) is 9.24. The summed E-state index contributed by atoms with van der Waals surface area (Å²) in [5, 5.41) is 4.27. The number of ether oxygens (including phenoxy) is 1. The molecule has 25 heavy (non-hydrogen) atoms. The third-order valence-corrected chi connectivity index (χ3v) is 6.36. The first kappa shape index (κ1) is 16.9. The number of aromatic nitrogens is 1. The van der Waals surface area contributed by atoms with Crippen molar-refractivity contribution in [2.45, 2.75) is 37.7 Å². The molecule has 1 aromatic heterocycles. The summed E-state index contributed by atoms with van der Waals surface area (Å²) in [5.74, 6) is 0.650. The number of benzene rings is 1. The van der Waals surface area contributed by atoms with Crippen LogP contribution in [0.1, 0.15) is 36.6 Å². The molecule has 134 valence electrons. The van der Waals surface area contributed by atoms with Crippen molar-refractivity contribution in [3.8, 4) is 0 Å². The average Bonchev–Trinajstić information content (AvgIpc) is 3.30. The molecule has 5 nitrogen and oxygen atoms in total. The molecule has 1 N–H and O–H groups in total. The van der Waals surface area contributed by atoms with Gasteiger partial charge >= 0.3 is 0 Å². The van der Waals surface area contributed by atoms with Gasteiger partial charge in [0.05, 0.1) is 27.9 Å². The standard InChI is InChI=1S/C19H25N3O2S/c23-18(20-12-15-4-3-11-24-15)13-22-9-7-14(8-10-22)19-21-16-5-1-2-6-17(16)25-19/h1-2,5-6,14-15H,3-4,7-13H2,(H,20,23)/t15-/m1/s1. The van der Waals surface area contributed by atoms with Gasteiger partial charge in [-0.15, -0.1) is 11.3 Å². The van der Waals surface area contributed by atoms with Crippen LogP contribution >= 0.6 is 11.3 Å². The van der Waals surface area contributed by atoms with E-state index >= 15 is 0 Å². The number of piperidine rings is 1. The predicted octanol–water partition coefficient (Wildman–Crippen LogP) is 2.77. The number of carbonyl (C=O) groups is 1. The van der Waals surface area contributed by atoms with Gasteiger partial charge in [-0.05, 0) is 50.9 Å². The second-order valence-corrected chi connectivity index (χ2v) is 8.07. The van der Waals surface area contributed by atoms with E-state index < -0.39 is 0 Å². The largest absolute Gasteiger partial charge is 0.376 e. The van der Waals surface area contributed by atoms with Crippen LogP contribution in [0.15, 0.2) is 24.3 Å². The number of thiazole rings is 1. The number of carbonyl (C=O) groups excluding carboxylic acids is 1. The van der Waals surface area contributed by atoms with Gasteiger partial charge in [-0.1, -0.05) is 12.1 Å². The van der Waals surface area contributed by atoms with Gasteiger partial charge < -0.3 is 10.1 Å². The van der Waals surface area contributed by atoms with Gasteiger partial charge in [0.25, 0.3) is 0 Å². The van der Waals surface area contributed by atoms with E-state index in [0.29, 0.717) is 19.0 Å². The van der Waals surface area contributed by atoms with Crippen LogP contribution in [0.2, 0.25) is 0 Å². The lowest BCUT2D eigenvalue weighted by atomic mass is 9.97. The molecule has 0 bridgehead atoms. The van der Waals surface area contributed by atoms with Gasteiger partial charge in [0.1, 0.15) is 0 Å². The number of amides is 1. The highest BCUT2D eigenvalue weighted by atomic mass is 32.1. The predicted molar refractivity (Wildman–Crippen MR) is 100 cm³/mol. The number of hydrogen-bond donors (Lipinski definition) is 1. The van der Waals surface area contributed by atoms with Crippen LogP contribution in [0.3, 0.4) is 0 Å². The molecule has 0 aliphatic carbocycles. The Morgan fingerprint density at radius 1 is 1.28 bits per heavy atom. The molecule has 0 radical (unpaired) electrons. The molecule has 2 aromatic rings. The Bertz CT molecular complexity index is 685. The van der Waals surface area contributed by atoms with Crippen LogP contribution in [0, 0.1) is 0 Å². The van der Waals surface area contributed by atoms with Crippen molar-refractivity contribution in [2.24, 2.45) is 0 Å². The highest BCUT2D eigenvalue weighted by molar-refractivity contribution is 7.18. The molecule has 1 aromatic carbocycles. The lowest BCUT2D eigenvalue weighted by Crippen LogP contribution is -2.42. The van der Waals surface area contributed by atoms with Gasteiger partial charge in [-0.3, -0.25) is 9.69 Å². The summed E-state index contributed by atoms with van der Waals surface area (Å²) in [4.78, 5) is 19.2. The Kier molecular flexibility index (Phi) is 5.29. The minimum atomic E-state index is 0.119. The van der Waals surface area contributed by atoms with Crippen molar-refractivity contribution >= 4 is 27.5 Å². The summed E-state index contributed by atoms with van der Waals surface area (Å²) in [7, 11) is 0. The zero-order chi connectivity index (χ0) is 17.1. The van der Waals surface area contributed by atoms with Crippen molar-refractivity contribution in [3.05, 3.63) is 29.3 Å². The molecule has 6 heteroatoms. The fourth-order valence-electron chi connectivity index (χ4n) is 3.69. The third-order valence-electron chi connectivity index (χ3n) is 5.17. The summed E-state index contributed by atoms with van der Waals surface area (Å²) in [6, 6.07) is 8.35. The SMILES string of the molecule is O=C(CN1CCC(c2nc3ccccc3s2)CC1)NC[C@H]1CCCO1. The van der Waals surface area contributed by atoms with E-state index in [1.165, 1.54) is 9.71 Å². The van der Waals surface area contributed by atoms with Crippen molar-refractivity contribution < 1.29 is 9.53 Å². The summed E-state index contributed by atoms with van der Waals surface area (Å²) < 4.78 is 6.82. The highest BCUT2D eigenvalue weighted by Gasteiger charge is 2.24. The maximum Gasteiger partial charge on any atom is 0.234 e. The number of nitrogens with one attached hydrogen (secondary N) is 1. The topological polar surface area (TPSA) is 54.5 Å². The zero-order valence-corrected chi connectivity index (χ0v) is 15.3. The third kappa shape index (κ3) is 4.19. The summed E-state index contributed by atoms with van der Waals surface area (Å²) in [6.07, 6.45) is 4.56. The number of nitrogens with zero attached hydrogens (tertiary/aromatic N) is 2. The van der Waals surface area contributed by atoms with E-state index in [-0.39, 0.29) is 12.0 Å². The molecule has 0 saturated carbocycles. The molecule has 1 amide bonds. The molecule has 2 saturated heterocycles. The fraction of sp³-hybridized carbons (Fsp3) is 0.579. The Morgan fingerprint density at radius 2 is 2.12 bits per heavy atom. The number of hydrogen-bond acceptors (Lipinski definition) is 5. The van der Waals surface area contributed by atoms with Gasteiger partial charge in [-0.2, -0.15) is 0 Å².